The molecule has 1 saturated carbocycles. The van der Waals surface area contributed by atoms with E-state index in [0.29, 0.717) is 19.1 Å². The second-order valence-electron chi connectivity index (χ2n) is 9.37. The Bertz CT molecular complexity index is 519. The molecule has 2 fully saturated rings. The van der Waals surface area contributed by atoms with Crippen LogP contribution in [0.15, 0.2) is 4.99 Å². The first-order valence-corrected chi connectivity index (χ1v) is 10.9. The van der Waals surface area contributed by atoms with E-state index in [4.69, 9.17) is 9.73 Å². The van der Waals surface area contributed by atoms with Gasteiger partial charge in [-0.15, -0.1) is 0 Å². The van der Waals surface area contributed by atoms with E-state index in [-0.39, 0.29) is 12.0 Å². The van der Waals surface area contributed by atoms with Crippen LogP contribution in [0.2, 0.25) is 0 Å². The van der Waals surface area contributed by atoms with Gasteiger partial charge in [-0.1, -0.05) is 6.92 Å². The SMILES string of the molecule is CCNC(=NCC(C)CN(C)C(=O)OC(C)(C)C)NC1CCN(C2CC2)CC1. The maximum Gasteiger partial charge on any atom is 0.410 e. The smallest absolute Gasteiger partial charge is 0.410 e. The van der Waals surface area contributed by atoms with Crippen molar-refractivity contribution in [2.75, 3.05) is 39.8 Å². The van der Waals surface area contributed by atoms with Crippen molar-refractivity contribution < 1.29 is 9.53 Å². The highest BCUT2D eigenvalue weighted by atomic mass is 16.6. The van der Waals surface area contributed by atoms with E-state index in [9.17, 15) is 4.79 Å². The summed E-state index contributed by atoms with van der Waals surface area (Å²) in [7, 11) is 1.78. The first-order valence-electron chi connectivity index (χ1n) is 10.9. The number of guanidine groups is 1. The van der Waals surface area contributed by atoms with Crippen LogP contribution in [-0.4, -0.2) is 79.3 Å². The first-order chi connectivity index (χ1) is 13.2. The summed E-state index contributed by atoms with van der Waals surface area (Å²) in [5.41, 5.74) is -0.468. The van der Waals surface area contributed by atoms with Gasteiger partial charge in [0.15, 0.2) is 5.96 Å². The maximum absolute atomic E-state index is 12.1. The van der Waals surface area contributed by atoms with E-state index in [1.165, 1.54) is 38.8 Å². The third kappa shape index (κ3) is 8.25. The number of nitrogens with zero attached hydrogens (tertiary/aromatic N) is 3. The molecule has 1 unspecified atom stereocenters. The van der Waals surface area contributed by atoms with Crippen molar-refractivity contribution in [3.8, 4) is 0 Å². The zero-order chi connectivity index (χ0) is 20.7. The second kappa shape index (κ2) is 10.3. The quantitative estimate of drug-likeness (QED) is 0.512. The molecule has 2 rings (SSSR count). The van der Waals surface area contributed by atoms with Crippen LogP contribution in [0.25, 0.3) is 0 Å². The standard InChI is InChI=1S/C21H41N5O2/c1-7-22-19(24-17-10-12-26(13-11-17)18-8-9-18)23-14-16(2)15-25(6)20(27)28-21(3,4)5/h16-18H,7-15H2,1-6H3,(H2,22,23,24). The van der Waals surface area contributed by atoms with Gasteiger partial charge < -0.3 is 25.2 Å². The van der Waals surface area contributed by atoms with Crippen LogP contribution in [0.3, 0.4) is 0 Å². The summed E-state index contributed by atoms with van der Waals surface area (Å²) >= 11 is 0. The Kier molecular flexibility index (Phi) is 8.40. The van der Waals surface area contributed by atoms with Gasteiger partial charge in [0.25, 0.3) is 0 Å². The average molecular weight is 396 g/mol. The summed E-state index contributed by atoms with van der Waals surface area (Å²) in [5.74, 6) is 1.14. The average Bonchev–Trinajstić information content (AvgIpc) is 3.44. The maximum atomic E-state index is 12.1. The molecule has 1 heterocycles. The van der Waals surface area contributed by atoms with Crippen molar-refractivity contribution in [1.82, 2.24) is 20.4 Å². The third-order valence-corrected chi connectivity index (χ3v) is 5.13. The van der Waals surface area contributed by atoms with E-state index < -0.39 is 5.60 Å². The second-order valence-corrected chi connectivity index (χ2v) is 9.37. The minimum Gasteiger partial charge on any atom is -0.444 e. The Morgan fingerprint density at radius 1 is 1.25 bits per heavy atom. The van der Waals surface area contributed by atoms with Crippen LogP contribution in [0.4, 0.5) is 4.79 Å². The fourth-order valence-corrected chi connectivity index (χ4v) is 3.55. The summed E-state index contributed by atoms with van der Waals surface area (Å²) in [6, 6.07) is 1.36. The predicted molar refractivity (Wildman–Crippen MR) is 115 cm³/mol. The van der Waals surface area contributed by atoms with Crippen LogP contribution in [0, 0.1) is 5.92 Å². The van der Waals surface area contributed by atoms with Gasteiger partial charge in [0, 0.05) is 51.9 Å². The zero-order valence-electron chi connectivity index (χ0n) is 18.8. The minimum atomic E-state index is -0.468. The number of piperidine rings is 1. The predicted octanol–water partition coefficient (Wildman–Crippen LogP) is 2.67. The Morgan fingerprint density at radius 3 is 2.43 bits per heavy atom. The van der Waals surface area contributed by atoms with Gasteiger partial charge in [-0.25, -0.2) is 4.79 Å². The molecular formula is C21H41N5O2. The Morgan fingerprint density at radius 2 is 1.89 bits per heavy atom. The molecule has 1 amide bonds. The van der Waals surface area contributed by atoms with Crippen LogP contribution in [0.5, 0.6) is 0 Å². The molecule has 162 valence electrons. The number of amides is 1. The number of hydrogen-bond acceptors (Lipinski definition) is 4. The highest BCUT2D eigenvalue weighted by molar-refractivity contribution is 5.80. The van der Waals surface area contributed by atoms with Crippen molar-refractivity contribution in [2.24, 2.45) is 10.9 Å². The number of rotatable bonds is 7. The Balaban J connectivity index is 1.76. The molecule has 0 spiro atoms. The molecule has 0 radical (unpaired) electrons. The number of ether oxygens (including phenoxy) is 1. The van der Waals surface area contributed by atoms with Gasteiger partial charge in [-0.3, -0.25) is 4.99 Å². The van der Waals surface area contributed by atoms with Gasteiger partial charge in [0.2, 0.25) is 0 Å². The zero-order valence-corrected chi connectivity index (χ0v) is 18.8. The third-order valence-electron chi connectivity index (χ3n) is 5.13. The molecule has 1 saturated heterocycles. The Hall–Kier alpha value is -1.50. The number of aliphatic imine (C=N–C) groups is 1. The van der Waals surface area contributed by atoms with Gasteiger partial charge >= 0.3 is 6.09 Å². The van der Waals surface area contributed by atoms with Crippen molar-refractivity contribution >= 4 is 12.1 Å². The number of nitrogens with one attached hydrogen (secondary N) is 2. The molecule has 1 aliphatic carbocycles. The van der Waals surface area contributed by atoms with Crippen molar-refractivity contribution in [3.63, 3.8) is 0 Å². The van der Waals surface area contributed by atoms with Gasteiger partial charge in [0.1, 0.15) is 5.60 Å². The molecule has 0 aromatic rings. The summed E-state index contributed by atoms with van der Waals surface area (Å²) < 4.78 is 5.42. The van der Waals surface area contributed by atoms with Crippen LogP contribution in [-0.2, 0) is 4.74 Å². The van der Waals surface area contributed by atoms with E-state index in [1.807, 2.05) is 20.8 Å². The topological polar surface area (TPSA) is 69.2 Å². The van der Waals surface area contributed by atoms with Crippen LogP contribution >= 0.6 is 0 Å². The summed E-state index contributed by atoms with van der Waals surface area (Å²) in [5, 5.41) is 6.97. The number of hydrogen-bond donors (Lipinski definition) is 2. The molecule has 0 aromatic heterocycles. The summed E-state index contributed by atoms with van der Waals surface area (Å²) in [6.45, 7) is 14.4. The fraction of sp³-hybridized carbons (Fsp3) is 0.905. The Labute approximate surface area is 171 Å². The number of carbonyl (C=O) groups excluding carboxylic acids is 1. The molecule has 1 aliphatic heterocycles. The van der Waals surface area contributed by atoms with E-state index >= 15 is 0 Å². The normalized spacial score (nSPS) is 20.6. The van der Waals surface area contributed by atoms with E-state index in [1.54, 1.807) is 11.9 Å². The molecule has 2 N–H and O–H groups in total. The van der Waals surface area contributed by atoms with E-state index in [0.717, 1.165) is 18.5 Å². The monoisotopic (exact) mass is 395 g/mol. The van der Waals surface area contributed by atoms with Gasteiger partial charge in [-0.05, 0) is 59.3 Å². The number of carbonyl (C=O) groups is 1. The number of likely N-dealkylation sites (tertiary alicyclic amines) is 1. The molecule has 7 nitrogen and oxygen atoms in total. The fourth-order valence-electron chi connectivity index (χ4n) is 3.55. The lowest BCUT2D eigenvalue weighted by Gasteiger charge is -2.33. The lowest BCUT2D eigenvalue weighted by Crippen LogP contribution is -2.49. The molecule has 2 aliphatic rings. The summed E-state index contributed by atoms with van der Waals surface area (Å²) in [6.07, 6.45) is 4.85. The summed E-state index contributed by atoms with van der Waals surface area (Å²) in [4.78, 5) is 21.2. The van der Waals surface area contributed by atoms with Crippen molar-refractivity contribution in [2.45, 2.75) is 78.0 Å². The molecule has 1 atom stereocenters. The van der Waals surface area contributed by atoms with Crippen molar-refractivity contribution in [1.29, 1.82) is 0 Å². The van der Waals surface area contributed by atoms with Crippen molar-refractivity contribution in [3.05, 3.63) is 0 Å². The largest absolute Gasteiger partial charge is 0.444 e. The van der Waals surface area contributed by atoms with E-state index in [2.05, 4.69) is 29.4 Å². The molecule has 0 aromatic carbocycles. The molecule has 28 heavy (non-hydrogen) atoms. The highest BCUT2D eigenvalue weighted by Gasteiger charge is 2.31. The van der Waals surface area contributed by atoms with Gasteiger partial charge in [0.05, 0.1) is 0 Å². The lowest BCUT2D eigenvalue weighted by atomic mass is 10.1. The molecular weight excluding hydrogens is 354 g/mol. The van der Waals surface area contributed by atoms with Gasteiger partial charge in [-0.2, -0.15) is 0 Å². The lowest BCUT2D eigenvalue weighted by molar-refractivity contribution is 0.0279. The molecule has 7 heteroatoms. The van der Waals surface area contributed by atoms with Crippen LogP contribution < -0.4 is 10.6 Å². The molecule has 0 bridgehead atoms. The van der Waals surface area contributed by atoms with Crippen LogP contribution in [0.1, 0.15) is 60.3 Å². The first kappa shape index (κ1) is 22.8. The minimum absolute atomic E-state index is 0.254. The highest BCUT2D eigenvalue weighted by Crippen LogP contribution is 2.29.